The molecule has 0 radical (unpaired) electrons. The summed E-state index contributed by atoms with van der Waals surface area (Å²) in [6.45, 7) is 0.765. The van der Waals surface area contributed by atoms with Gasteiger partial charge in [0.15, 0.2) is 12.5 Å². The first-order valence-electron chi connectivity index (χ1n) is 10.4. The van der Waals surface area contributed by atoms with Gasteiger partial charge in [0.1, 0.15) is 28.9 Å². The van der Waals surface area contributed by atoms with E-state index in [2.05, 4.69) is 5.32 Å². The second kappa shape index (κ2) is 8.89. The maximum Gasteiger partial charge on any atom is 0.276 e. The molecular weight excluding hydrogens is 443 g/mol. The van der Waals surface area contributed by atoms with Crippen LogP contribution in [0.3, 0.4) is 0 Å². The van der Waals surface area contributed by atoms with Crippen LogP contribution < -0.4 is 5.32 Å². The number of hydrogen-bond acceptors (Lipinski definition) is 6. The minimum absolute atomic E-state index is 0.00364. The molecule has 2 heterocycles. The van der Waals surface area contributed by atoms with E-state index in [9.17, 15) is 32.7 Å². The summed E-state index contributed by atoms with van der Waals surface area (Å²) in [5.74, 6) is -5.21. The van der Waals surface area contributed by atoms with Crippen LogP contribution in [0.4, 0.5) is 13.2 Å². The van der Waals surface area contributed by atoms with Crippen molar-refractivity contribution in [3.8, 4) is 0 Å². The van der Waals surface area contributed by atoms with Crippen molar-refractivity contribution in [2.24, 2.45) is 0 Å². The van der Waals surface area contributed by atoms with Gasteiger partial charge in [0, 0.05) is 36.5 Å². The van der Waals surface area contributed by atoms with Crippen molar-refractivity contribution >= 4 is 18.1 Å². The summed E-state index contributed by atoms with van der Waals surface area (Å²) in [5, 5.41) is 12.4. The number of aliphatic hydroxyl groups excluding tert-OH is 1. The topological polar surface area (TPSA) is 99.2 Å². The first-order chi connectivity index (χ1) is 15.7. The zero-order valence-corrected chi connectivity index (χ0v) is 17.7. The Labute approximate surface area is 187 Å². The van der Waals surface area contributed by atoms with Gasteiger partial charge in [-0.15, -0.1) is 0 Å². The Morgan fingerprint density at radius 2 is 1.97 bits per heavy atom. The molecule has 176 valence electrons. The van der Waals surface area contributed by atoms with Gasteiger partial charge in [0.2, 0.25) is 0 Å². The lowest BCUT2D eigenvalue weighted by Gasteiger charge is -2.47. The van der Waals surface area contributed by atoms with Crippen LogP contribution in [0, 0.1) is 17.5 Å². The highest BCUT2D eigenvalue weighted by atomic mass is 19.1. The number of ether oxygens (including phenoxy) is 1. The van der Waals surface area contributed by atoms with E-state index in [-0.39, 0.29) is 36.4 Å². The Kier molecular flexibility index (Phi) is 6.15. The van der Waals surface area contributed by atoms with Gasteiger partial charge in [-0.05, 0) is 26.2 Å². The number of piperazine rings is 1. The van der Waals surface area contributed by atoms with E-state index in [0.717, 1.165) is 19.0 Å². The largest absolute Gasteiger partial charge is 0.510 e. The van der Waals surface area contributed by atoms with Crippen molar-refractivity contribution < 1.29 is 37.4 Å². The number of allylic oxidation sites excluding steroid dienone is 1. The second-order valence-corrected chi connectivity index (χ2v) is 8.21. The van der Waals surface area contributed by atoms with E-state index in [1.165, 1.54) is 11.8 Å². The third kappa shape index (κ3) is 4.32. The fourth-order valence-electron chi connectivity index (χ4n) is 4.55. The zero-order chi connectivity index (χ0) is 23.9. The molecule has 1 aromatic rings. The summed E-state index contributed by atoms with van der Waals surface area (Å²) in [6.07, 6.45) is 3.04. The molecule has 11 heteroatoms. The summed E-state index contributed by atoms with van der Waals surface area (Å²) in [7, 11) is 0. The number of hydrogen-bond donors (Lipinski definition) is 2. The maximum absolute atomic E-state index is 13.8. The molecule has 2 bridgehead atoms. The molecule has 3 fully saturated rings. The van der Waals surface area contributed by atoms with Crippen LogP contribution in [-0.2, 0) is 25.7 Å². The minimum atomic E-state index is -1.18. The van der Waals surface area contributed by atoms with Crippen LogP contribution in [0.25, 0.3) is 0 Å². The van der Waals surface area contributed by atoms with E-state index >= 15 is 0 Å². The summed E-state index contributed by atoms with van der Waals surface area (Å²) in [4.78, 5) is 40.1. The molecule has 3 aliphatic rings. The molecule has 0 unspecified atom stereocenters. The lowest BCUT2D eigenvalue weighted by molar-refractivity contribution is -0.177. The highest BCUT2D eigenvalue weighted by Crippen LogP contribution is 2.38. The lowest BCUT2D eigenvalue weighted by Crippen LogP contribution is -2.60. The van der Waals surface area contributed by atoms with Gasteiger partial charge in [-0.3, -0.25) is 14.4 Å². The Bertz CT molecular complexity index is 1050. The zero-order valence-electron chi connectivity index (χ0n) is 17.7. The van der Waals surface area contributed by atoms with Crippen molar-refractivity contribution in [1.82, 2.24) is 15.1 Å². The van der Waals surface area contributed by atoms with Crippen molar-refractivity contribution in [3.63, 3.8) is 0 Å². The molecule has 1 saturated carbocycles. The van der Waals surface area contributed by atoms with Crippen LogP contribution in [0.1, 0.15) is 31.7 Å². The molecule has 3 atom stereocenters. The van der Waals surface area contributed by atoms with E-state index in [1.54, 1.807) is 4.90 Å². The fraction of sp³-hybridized carbons (Fsp3) is 0.409. The van der Waals surface area contributed by atoms with Crippen LogP contribution in [0.15, 0.2) is 35.4 Å². The third-order valence-corrected chi connectivity index (χ3v) is 6.05. The van der Waals surface area contributed by atoms with Crippen LogP contribution in [-0.4, -0.2) is 57.9 Å². The number of nitrogens with zero attached hydrogens (tertiary/aromatic N) is 2. The molecule has 4 rings (SSSR count). The number of aliphatic hydroxyl groups is 1. The van der Waals surface area contributed by atoms with E-state index in [0.29, 0.717) is 18.6 Å². The molecule has 2 amide bonds. The summed E-state index contributed by atoms with van der Waals surface area (Å²) >= 11 is 0. The fourth-order valence-corrected chi connectivity index (χ4v) is 4.55. The summed E-state index contributed by atoms with van der Waals surface area (Å²) in [6, 6.07) is 0.950. The average Bonchev–Trinajstić information content (AvgIpc) is 3.11. The molecule has 2 saturated heterocycles. The summed E-state index contributed by atoms with van der Waals surface area (Å²) in [5.41, 5.74) is -1.11. The Morgan fingerprint density at radius 3 is 2.61 bits per heavy atom. The highest BCUT2D eigenvalue weighted by molar-refractivity contribution is 6.10. The monoisotopic (exact) mass is 465 g/mol. The molecule has 8 nitrogen and oxygen atoms in total. The van der Waals surface area contributed by atoms with Gasteiger partial charge in [-0.1, -0.05) is 0 Å². The number of nitrogens with one attached hydrogen (secondary N) is 1. The number of fused-ring (bicyclic) bond motifs is 4. The molecular formula is C22H22F3N3O5. The summed E-state index contributed by atoms with van der Waals surface area (Å²) < 4.78 is 46.6. The van der Waals surface area contributed by atoms with Gasteiger partial charge in [-0.2, -0.15) is 0 Å². The van der Waals surface area contributed by atoms with Crippen molar-refractivity contribution in [2.75, 3.05) is 6.54 Å². The molecule has 0 aromatic heterocycles. The Balaban J connectivity index is 1.55. The highest BCUT2D eigenvalue weighted by Gasteiger charge is 2.48. The van der Waals surface area contributed by atoms with Crippen LogP contribution in [0.5, 0.6) is 0 Å². The quantitative estimate of drug-likeness (QED) is 0.227. The maximum atomic E-state index is 13.8. The van der Waals surface area contributed by atoms with Gasteiger partial charge < -0.3 is 25.0 Å². The molecule has 2 N–H and O–H groups in total. The van der Waals surface area contributed by atoms with E-state index in [1.807, 2.05) is 0 Å². The van der Waals surface area contributed by atoms with Crippen molar-refractivity contribution in [3.05, 3.63) is 58.4 Å². The lowest BCUT2D eigenvalue weighted by atomic mass is 10.1. The Morgan fingerprint density at radius 1 is 1.27 bits per heavy atom. The average molecular weight is 465 g/mol. The number of carbonyl (C=O) groups excluding carboxylic acids is 3. The number of halogens is 3. The van der Waals surface area contributed by atoms with Crippen molar-refractivity contribution in [2.45, 2.75) is 51.1 Å². The van der Waals surface area contributed by atoms with Gasteiger partial charge in [0.25, 0.3) is 11.8 Å². The second-order valence-electron chi connectivity index (χ2n) is 8.21. The number of carbonyl (C=O) groups is 3. The minimum Gasteiger partial charge on any atom is -0.510 e. The van der Waals surface area contributed by atoms with Crippen LogP contribution in [0.2, 0.25) is 0 Å². The first-order valence-corrected chi connectivity index (χ1v) is 10.4. The number of amides is 2. The first kappa shape index (κ1) is 22.8. The third-order valence-electron chi connectivity index (χ3n) is 6.05. The van der Waals surface area contributed by atoms with Gasteiger partial charge in [0.05, 0.1) is 18.2 Å². The number of benzene rings is 1. The molecule has 0 spiro atoms. The van der Waals surface area contributed by atoms with Gasteiger partial charge >= 0.3 is 0 Å². The predicted octanol–water partition coefficient (Wildman–Crippen LogP) is 2.01. The molecule has 2 aliphatic heterocycles. The molecule has 1 aromatic carbocycles. The van der Waals surface area contributed by atoms with E-state index in [4.69, 9.17) is 4.74 Å². The SMILES string of the molecule is C/C(O)=C1/C(=O)N2[C@@H]3CC[C@H](C3)O[C@@H]2CN1/C=C(\C=O)C(=O)NCc1c(F)cc(F)cc1F. The number of rotatable bonds is 5. The van der Waals surface area contributed by atoms with Crippen LogP contribution >= 0.6 is 0 Å². The smallest absolute Gasteiger partial charge is 0.276 e. The molecule has 33 heavy (non-hydrogen) atoms. The van der Waals surface area contributed by atoms with Gasteiger partial charge in [-0.25, -0.2) is 13.2 Å². The van der Waals surface area contributed by atoms with Crippen molar-refractivity contribution in [1.29, 1.82) is 0 Å². The predicted molar refractivity (Wildman–Crippen MR) is 107 cm³/mol. The Hall–Kier alpha value is -3.34. The normalized spacial score (nSPS) is 26.2. The number of aldehydes is 1. The molecule has 1 aliphatic carbocycles. The van der Waals surface area contributed by atoms with E-state index < -0.39 is 53.2 Å². The standard InChI is InChI=1S/C22H22F3N3O5/c1-11(30)20-22(32)28-14-2-3-15(6-14)33-19(28)9-27(20)8-12(10-29)21(31)26-7-16-17(24)4-13(23)5-18(16)25/h4-5,8,10,14-15,19,30H,2-3,6-7,9H2,1H3,(H,26,31)/b12-8+,20-11+/t14-,15-,19-/m1/s1.